The van der Waals surface area contributed by atoms with E-state index in [1.54, 1.807) is 24.8 Å². The molecule has 10 heteroatoms. The van der Waals surface area contributed by atoms with Gasteiger partial charge in [0.25, 0.3) is 0 Å². The largest absolute Gasteiger partial charge is 0.340 e. The number of anilines is 3. The number of H-pyrrole nitrogens is 2. The van der Waals surface area contributed by atoms with Gasteiger partial charge in [0.1, 0.15) is 23.6 Å². The molecule has 1 amide bonds. The fraction of sp³-hybridized carbons (Fsp3) is 0.160. The normalized spacial score (nSPS) is 14.2. The third-order valence-electron chi connectivity index (χ3n) is 6.07. The minimum Gasteiger partial charge on any atom is -0.340 e. The minimum atomic E-state index is -0.0641. The predicted molar refractivity (Wildman–Crippen MR) is 135 cm³/mol. The smallest absolute Gasteiger partial charge is 0.239 e. The Hall–Kier alpha value is -4.57. The van der Waals surface area contributed by atoms with Crippen LogP contribution in [0.5, 0.6) is 0 Å². The summed E-state index contributed by atoms with van der Waals surface area (Å²) in [6.07, 6.45) is 8.01. The number of benzene rings is 1. The molecule has 0 saturated carbocycles. The van der Waals surface area contributed by atoms with E-state index in [-0.39, 0.29) is 5.91 Å². The molecule has 1 aliphatic heterocycles. The van der Waals surface area contributed by atoms with Crippen LogP contribution in [0.25, 0.3) is 27.5 Å². The van der Waals surface area contributed by atoms with E-state index in [9.17, 15) is 4.79 Å². The van der Waals surface area contributed by atoms with E-state index in [1.165, 1.54) is 5.57 Å². The van der Waals surface area contributed by atoms with Crippen LogP contribution in [-0.4, -0.2) is 60.6 Å². The van der Waals surface area contributed by atoms with Gasteiger partial charge in [0, 0.05) is 36.1 Å². The predicted octanol–water partition coefficient (Wildman–Crippen LogP) is 3.70. The zero-order valence-electron chi connectivity index (χ0n) is 18.8. The molecule has 1 aromatic carbocycles. The van der Waals surface area contributed by atoms with Crippen LogP contribution in [0.2, 0.25) is 0 Å². The molecule has 174 valence electrons. The van der Waals surface area contributed by atoms with E-state index in [0.29, 0.717) is 18.9 Å². The van der Waals surface area contributed by atoms with Gasteiger partial charge in [-0.05, 0) is 48.4 Å². The van der Waals surface area contributed by atoms with Gasteiger partial charge in [-0.3, -0.25) is 14.8 Å². The summed E-state index contributed by atoms with van der Waals surface area (Å²) >= 11 is 0. The number of nitrogens with one attached hydrogen (secondary N) is 4. The van der Waals surface area contributed by atoms with Gasteiger partial charge in [-0.15, -0.1) is 0 Å². The molecule has 0 bridgehead atoms. The van der Waals surface area contributed by atoms with Gasteiger partial charge in [0.05, 0.1) is 23.6 Å². The van der Waals surface area contributed by atoms with Gasteiger partial charge in [-0.25, -0.2) is 15.0 Å². The number of carbonyl (C=O) groups excluding carboxylic acids is 1. The second-order valence-electron chi connectivity index (χ2n) is 8.44. The summed E-state index contributed by atoms with van der Waals surface area (Å²) in [4.78, 5) is 30.9. The van der Waals surface area contributed by atoms with E-state index in [1.807, 2.05) is 30.3 Å². The van der Waals surface area contributed by atoms with Crippen molar-refractivity contribution in [2.45, 2.75) is 6.42 Å². The molecule has 0 saturated heterocycles. The average molecular weight is 466 g/mol. The molecular formula is C25H23N9O. The Kier molecular flexibility index (Phi) is 5.39. The first-order valence-corrected chi connectivity index (χ1v) is 11.4. The molecule has 0 aliphatic carbocycles. The Labute approximate surface area is 200 Å². The summed E-state index contributed by atoms with van der Waals surface area (Å²) < 4.78 is 0. The van der Waals surface area contributed by atoms with E-state index < -0.39 is 0 Å². The van der Waals surface area contributed by atoms with Gasteiger partial charge >= 0.3 is 0 Å². The number of aromatic nitrogens is 6. The van der Waals surface area contributed by atoms with E-state index >= 15 is 0 Å². The molecular weight excluding hydrogens is 442 g/mol. The van der Waals surface area contributed by atoms with Crippen LogP contribution in [0.1, 0.15) is 12.1 Å². The number of rotatable bonds is 6. The molecule has 35 heavy (non-hydrogen) atoms. The Morgan fingerprint density at radius 1 is 1.11 bits per heavy atom. The number of nitrogens with zero attached hydrogens (tertiary/aromatic N) is 5. The molecule has 0 atom stereocenters. The number of amides is 1. The first kappa shape index (κ1) is 21.0. The molecule has 6 rings (SSSR count). The summed E-state index contributed by atoms with van der Waals surface area (Å²) in [5.41, 5.74) is 4.92. The summed E-state index contributed by atoms with van der Waals surface area (Å²) in [5, 5.41) is 15.2. The number of fused-ring (bicyclic) bond motifs is 2. The van der Waals surface area contributed by atoms with Crippen LogP contribution in [-0.2, 0) is 4.79 Å². The molecule has 0 radical (unpaired) electrons. The zero-order chi connectivity index (χ0) is 23.6. The van der Waals surface area contributed by atoms with Crippen molar-refractivity contribution in [3.8, 4) is 0 Å². The van der Waals surface area contributed by atoms with Gasteiger partial charge in [0.15, 0.2) is 0 Å². The summed E-state index contributed by atoms with van der Waals surface area (Å²) in [7, 11) is 0. The van der Waals surface area contributed by atoms with Crippen LogP contribution in [0, 0.1) is 0 Å². The molecule has 10 nitrogen and oxygen atoms in total. The van der Waals surface area contributed by atoms with Gasteiger partial charge in [0.2, 0.25) is 5.91 Å². The molecule has 4 aromatic heterocycles. The van der Waals surface area contributed by atoms with Crippen LogP contribution in [0.3, 0.4) is 0 Å². The first-order valence-electron chi connectivity index (χ1n) is 11.4. The van der Waals surface area contributed by atoms with Gasteiger partial charge in [-0.2, -0.15) is 5.10 Å². The van der Waals surface area contributed by atoms with E-state index in [0.717, 1.165) is 52.1 Å². The Morgan fingerprint density at radius 3 is 2.94 bits per heavy atom. The maximum Gasteiger partial charge on any atom is 0.239 e. The maximum absolute atomic E-state index is 12.3. The van der Waals surface area contributed by atoms with Crippen molar-refractivity contribution < 1.29 is 4.79 Å². The highest BCUT2D eigenvalue weighted by molar-refractivity contribution is 5.93. The second-order valence-corrected chi connectivity index (χ2v) is 8.44. The lowest BCUT2D eigenvalue weighted by molar-refractivity contribution is -0.117. The molecule has 0 unspecified atom stereocenters. The summed E-state index contributed by atoms with van der Waals surface area (Å²) in [6, 6.07) is 13.5. The van der Waals surface area contributed by atoms with Crippen molar-refractivity contribution in [3.05, 3.63) is 73.0 Å². The zero-order valence-corrected chi connectivity index (χ0v) is 18.8. The fourth-order valence-electron chi connectivity index (χ4n) is 4.29. The van der Waals surface area contributed by atoms with Crippen LogP contribution >= 0.6 is 0 Å². The summed E-state index contributed by atoms with van der Waals surface area (Å²) in [5.74, 6) is 1.24. The number of hydrogen-bond acceptors (Lipinski definition) is 7. The SMILES string of the molecule is O=C(CN1CC=C(c2cc3c(Nc4ccc5[nH]ncc5c4)ncnc3[nH]2)CC1)Nc1ccccn1. The molecule has 4 N–H and O–H groups in total. The highest BCUT2D eigenvalue weighted by atomic mass is 16.2. The number of carbonyl (C=O) groups is 1. The number of hydrogen-bond donors (Lipinski definition) is 4. The lowest BCUT2D eigenvalue weighted by Crippen LogP contribution is -2.36. The molecule has 1 aliphatic rings. The van der Waals surface area contributed by atoms with Crippen LogP contribution in [0.4, 0.5) is 17.3 Å². The lowest BCUT2D eigenvalue weighted by atomic mass is 10.0. The van der Waals surface area contributed by atoms with Crippen molar-refractivity contribution in [2.75, 3.05) is 30.3 Å². The highest BCUT2D eigenvalue weighted by Crippen LogP contribution is 2.29. The number of pyridine rings is 1. The monoisotopic (exact) mass is 465 g/mol. The van der Waals surface area contributed by atoms with E-state index in [4.69, 9.17) is 0 Å². The van der Waals surface area contributed by atoms with Crippen LogP contribution in [0.15, 0.2) is 67.3 Å². The van der Waals surface area contributed by atoms with Gasteiger partial charge in [-0.1, -0.05) is 12.1 Å². The second kappa shape index (κ2) is 8.99. The minimum absolute atomic E-state index is 0.0641. The van der Waals surface area contributed by atoms with Crippen molar-refractivity contribution in [3.63, 3.8) is 0 Å². The quantitative estimate of drug-likeness (QED) is 0.301. The van der Waals surface area contributed by atoms with Gasteiger partial charge < -0.3 is 15.6 Å². The molecule has 5 aromatic rings. The van der Waals surface area contributed by atoms with Crippen molar-refractivity contribution in [1.82, 2.24) is 35.0 Å². The Bertz CT molecular complexity index is 1540. The van der Waals surface area contributed by atoms with Crippen molar-refractivity contribution in [2.24, 2.45) is 0 Å². The highest BCUT2D eigenvalue weighted by Gasteiger charge is 2.18. The third kappa shape index (κ3) is 4.46. The van der Waals surface area contributed by atoms with Crippen LogP contribution < -0.4 is 10.6 Å². The molecule has 0 fully saturated rings. The lowest BCUT2D eigenvalue weighted by Gasteiger charge is -2.25. The number of aromatic amines is 2. The maximum atomic E-state index is 12.3. The standard InChI is InChI=1S/C25H23N9O/c35-23(32-22-3-1-2-8-26-22)14-34-9-6-16(7-10-34)21-12-19-24(27-15-28-25(19)31-21)30-18-4-5-20-17(11-18)13-29-33-20/h1-6,8,11-13,15H,7,9-10,14H2,(H,29,33)(H,26,32,35)(H2,27,28,30,31). The Morgan fingerprint density at radius 2 is 2.09 bits per heavy atom. The van der Waals surface area contributed by atoms with Crippen molar-refractivity contribution >= 4 is 50.7 Å². The Balaban J connectivity index is 1.15. The molecule has 0 spiro atoms. The topological polar surface area (TPSA) is 128 Å². The van der Waals surface area contributed by atoms with E-state index in [2.05, 4.69) is 57.8 Å². The molecule has 5 heterocycles. The third-order valence-corrected chi connectivity index (χ3v) is 6.07. The average Bonchev–Trinajstić information content (AvgIpc) is 3.52. The fourth-order valence-corrected chi connectivity index (χ4v) is 4.29. The summed E-state index contributed by atoms with van der Waals surface area (Å²) in [6.45, 7) is 1.81. The van der Waals surface area contributed by atoms with Crippen molar-refractivity contribution in [1.29, 1.82) is 0 Å². The first-order chi connectivity index (χ1) is 17.2.